The predicted molar refractivity (Wildman–Crippen MR) is 104 cm³/mol. The highest BCUT2D eigenvalue weighted by Crippen LogP contribution is 2.30. The summed E-state index contributed by atoms with van der Waals surface area (Å²) in [5.74, 6) is -3.02. The van der Waals surface area contributed by atoms with Crippen molar-refractivity contribution in [2.24, 2.45) is 0 Å². The number of carbonyl (C=O) groups is 5. The highest BCUT2D eigenvalue weighted by molar-refractivity contribution is 6.24. The lowest BCUT2D eigenvalue weighted by molar-refractivity contribution is -0.148. The summed E-state index contributed by atoms with van der Waals surface area (Å²) < 4.78 is 36.8. The molecule has 2 heterocycles. The van der Waals surface area contributed by atoms with E-state index in [0.717, 1.165) is 4.90 Å². The smallest absolute Gasteiger partial charge is 0.346 e. The minimum Gasteiger partial charge on any atom is -0.346 e. The van der Waals surface area contributed by atoms with Crippen molar-refractivity contribution < 1.29 is 37.1 Å². The lowest BCUT2D eigenvalue weighted by Gasteiger charge is -2.27. The standard InChI is InChI=1S/C21H22F3N3O5/c1-26(16(29)9-10-21(22,23)24)11-3-5-12-4-2-6-13-17(12)20(32)27(19(13)31)14-7-8-15(28)25-18(14)30/h2,4,6,14H,3,5,7-11H2,1H3,(H,25,28,30). The molecule has 0 saturated carbocycles. The fourth-order valence-corrected chi connectivity index (χ4v) is 3.86. The molecule has 2 aliphatic rings. The number of imide groups is 2. The van der Waals surface area contributed by atoms with Gasteiger partial charge in [0, 0.05) is 26.4 Å². The van der Waals surface area contributed by atoms with Gasteiger partial charge in [-0.2, -0.15) is 13.2 Å². The van der Waals surface area contributed by atoms with Crippen LogP contribution in [0.2, 0.25) is 0 Å². The van der Waals surface area contributed by atoms with Gasteiger partial charge in [0.2, 0.25) is 17.7 Å². The highest BCUT2D eigenvalue weighted by Gasteiger charge is 2.45. The summed E-state index contributed by atoms with van der Waals surface area (Å²) in [6.45, 7) is 0.180. The SMILES string of the molecule is CN(CCCc1cccc2c1C(=O)N(C1CCC(=O)NC1=O)C2=O)C(=O)CCC(F)(F)F. The molecule has 1 atom stereocenters. The molecule has 0 spiro atoms. The first-order valence-corrected chi connectivity index (χ1v) is 10.1. The van der Waals surface area contributed by atoms with Crippen LogP contribution in [-0.4, -0.2) is 65.1 Å². The van der Waals surface area contributed by atoms with Crippen LogP contribution in [0.1, 0.15) is 58.4 Å². The molecule has 0 radical (unpaired) electrons. The Bertz CT molecular complexity index is 976. The third-order valence-electron chi connectivity index (χ3n) is 5.54. The first-order valence-electron chi connectivity index (χ1n) is 10.1. The number of alkyl halides is 3. The average molecular weight is 453 g/mol. The summed E-state index contributed by atoms with van der Waals surface area (Å²) >= 11 is 0. The van der Waals surface area contributed by atoms with Gasteiger partial charge in [0.1, 0.15) is 6.04 Å². The number of halogens is 3. The molecule has 0 aromatic heterocycles. The van der Waals surface area contributed by atoms with Crippen LogP contribution in [0.5, 0.6) is 0 Å². The van der Waals surface area contributed by atoms with E-state index in [-0.39, 0.29) is 30.5 Å². The Morgan fingerprint density at radius 3 is 2.56 bits per heavy atom. The fourth-order valence-electron chi connectivity index (χ4n) is 3.86. The van der Waals surface area contributed by atoms with Crippen LogP contribution in [0.3, 0.4) is 0 Å². The number of aryl methyl sites for hydroxylation is 1. The zero-order valence-electron chi connectivity index (χ0n) is 17.3. The van der Waals surface area contributed by atoms with E-state index in [0.29, 0.717) is 18.4 Å². The summed E-state index contributed by atoms with van der Waals surface area (Å²) in [6.07, 6.45) is -5.47. The maximum absolute atomic E-state index is 13.0. The van der Waals surface area contributed by atoms with E-state index in [2.05, 4.69) is 5.32 Å². The Labute approximate surface area is 181 Å². The molecule has 8 nitrogen and oxygen atoms in total. The summed E-state index contributed by atoms with van der Waals surface area (Å²) in [4.78, 5) is 63.3. The maximum Gasteiger partial charge on any atom is 0.389 e. The molecule has 32 heavy (non-hydrogen) atoms. The Morgan fingerprint density at radius 2 is 1.91 bits per heavy atom. The number of nitrogens with zero attached hydrogens (tertiary/aromatic N) is 2. The Hall–Kier alpha value is -3.24. The van der Waals surface area contributed by atoms with Gasteiger partial charge in [0.25, 0.3) is 11.8 Å². The first kappa shape index (κ1) is 23.4. The lowest BCUT2D eigenvalue weighted by Crippen LogP contribution is -2.54. The molecule has 1 N–H and O–H groups in total. The number of benzene rings is 1. The van der Waals surface area contributed by atoms with Crippen molar-refractivity contribution in [3.05, 3.63) is 34.9 Å². The van der Waals surface area contributed by atoms with Gasteiger partial charge in [0.15, 0.2) is 0 Å². The van der Waals surface area contributed by atoms with E-state index in [1.54, 1.807) is 12.1 Å². The number of hydrogen-bond acceptors (Lipinski definition) is 5. The summed E-state index contributed by atoms with van der Waals surface area (Å²) in [6, 6.07) is 3.68. The van der Waals surface area contributed by atoms with Gasteiger partial charge in [-0.1, -0.05) is 12.1 Å². The van der Waals surface area contributed by atoms with Crippen LogP contribution < -0.4 is 5.32 Å². The minimum atomic E-state index is -4.40. The van der Waals surface area contributed by atoms with Crippen LogP contribution in [0.15, 0.2) is 18.2 Å². The zero-order chi connectivity index (χ0) is 23.6. The van der Waals surface area contributed by atoms with Crippen LogP contribution >= 0.6 is 0 Å². The molecule has 2 aliphatic heterocycles. The van der Waals surface area contributed by atoms with Gasteiger partial charge in [-0.05, 0) is 30.9 Å². The minimum absolute atomic E-state index is 0.0192. The van der Waals surface area contributed by atoms with Crippen molar-refractivity contribution in [1.29, 1.82) is 0 Å². The van der Waals surface area contributed by atoms with E-state index in [4.69, 9.17) is 0 Å². The topological polar surface area (TPSA) is 104 Å². The molecule has 11 heteroatoms. The van der Waals surface area contributed by atoms with Crippen molar-refractivity contribution in [2.75, 3.05) is 13.6 Å². The predicted octanol–water partition coefficient (Wildman–Crippen LogP) is 1.82. The van der Waals surface area contributed by atoms with E-state index < -0.39 is 54.6 Å². The molecule has 1 saturated heterocycles. The highest BCUT2D eigenvalue weighted by atomic mass is 19.4. The van der Waals surface area contributed by atoms with Gasteiger partial charge in [-0.15, -0.1) is 0 Å². The van der Waals surface area contributed by atoms with Crippen LogP contribution in [0.4, 0.5) is 13.2 Å². The largest absolute Gasteiger partial charge is 0.389 e. The molecular formula is C21H22F3N3O5. The van der Waals surface area contributed by atoms with Crippen molar-refractivity contribution in [3.63, 3.8) is 0 Å². The number of carbonyl (C=O) groups excluding carboxylic acids is 5. The molecule has 1 aromatic rings. The van der Waals surface area contributed by atoms with Crippen LogP contribution in [0, 0.1) is 0 Å². The second-order valence-corrected chi connectivity index (χ2v) is 7.82. The number of hydrogen-bond donors (Lipinski definition) is 1. The molecule has 1 unspecified atom stereocenters. The lowest BCUT2D eigenvalue weighted by atomic mass is 9.99. The van der Waals surface area contributed by atoms with E-state index >= 15 is 0 Å². The summed E-state index contributed by atoms with van der Waals surface area (Å²) in [7, 11) is 1.41. The number of amides is 5. The number of piperidine rings is 1. The van der Waals surface area contributed by atoms with Gasteiger partial charge < -0.3 is 4.90 Å². The van der Waals surface area contributed by atoms with Gasteiger partial charge in [-0.25, -0.2) is 0 Å². The van der Waals surface area contributed by atoms with Crippen molar-refractivity contribution in [3.8, 4) is 0 Å². The molecule has 1 aromatic carbocycles. The fraction of sp³-hybridized carbons (Fsp3) is 0.476. The molecule has 5 amide bonds. The third-order valence-corrected chi connectivity index (χ3v) is 5.54. The zero-order valence-corrected chi connectivity index (χ0v) is 17.3. The van der Waals surface area contributed by atoms with Crippen molar-refractivity contribution >= 4 is 29.5 Å². The summed E-state index contributed by atoms with van der Waals surface area (Å²) in [5.41, 5.74) is 0.881. The number of rotatable bonds is 7. The first-order chi connectivity index (χ1) is 15.0. The van der Waals surface area contributed by atoms with Gasteiger partial charge in [0.05, 0.1) is 17.5 Å². The quantitative estimate of drug-likeness (QED) is 0.635. The van der Waals surface area contributed by atoms with Gasteiger partial charge in [-0.3, -0.25) is 34.2 Å². The number of fused-ring (bicyclic) bond motifs is 1. The van der Waals surface area contributed by atoms with Crippen LogP contribution in [0.25, 0.3) is 0 Å². The molecule has 1 fully saturated rings. The van der Waals surface area contributed by atoms with E-state index in [1.165, 1.54) is 18.0 Å². The van der Waals surface area contributed by atoms with Crippen LogP contribution in [-0.2, 0) is 20.8 Å². The Balaban J connectivity index is 1.66. The Kier molecular flexibility index (Phi) is 6.65. The normalized spacial score (nSPS) is 18.6. The average Bonchev–Trinajstić information content (AvgIpc) is 2.97. The van der Waals surface area contributed by atoms with Gasteiger partial charge >= 0.3 is 6.18 Å². The molecule has 3 rings (SSSR count). The van der Waals surface area contributed by atoms with E-state index in [9.17, 15) is 37.1 Å². The third kappa shape index (κ3) is 4.97. The van der Waals surface area contributed by atoms with E-state index in [1.807, 2.05) is 0 Å². The summed E-state index contributed by atoms with van der Waals surface area (Å²) in [5, 5.41) is 2.13. The molecule has 0 bridgehead atoms. The monoisotopic (exact) mass is 453 g/mol. The molecule has 172 valence electrons. The second kappa shape index (κ2) is 9.09. The van der Waals surface area contributed by atoms with Crippen molar-refractivity contribution in [2.45, 2.75) is 50.7 Å². The van der Waals surface area contributed by atoms with Crippen molar-refractivity contribution in [1.82, 2.24) is 15.1 Å². The second-order valence-electron chi connectivity index (χ2n) is 7.82. The number of nitrogens with one attached hydrogen (secondary N) is 1. The molecular weight excluding hydrogens is 431 g/mol. The Morgan fingerprint density at radius 1 is 1.19 bits per heavy atom. The molecule has 0 aliphatic carbocycles. The maximum atomic E-state index is 13.0.